The van der Waals surface area contributed by atoms with Gasteiger partial charge < -0.3 is 5.32 Å². The molecule has 1 aromatic rings. The van der Waals surface area contributed by atoms with Gasteiger partial charge in [-0.1, -0.05) is 43.2 Å². The van der Waals surface area contributed by atoms with E-state index in [0.29, 0.717) is 6.54 Å². The van der Waals surface area contributed by atoms with Crippen molar-refractivity contribution in [3.05, 3.63) is 40.4 Å². The molecule has 0 atom stereocenters. The van der Waals surface area contributed by atoms with Crippen LogP contribution in [0.5, 0.6) is 0 Å². The molecule has 0 radical (unpaired) electrons. The Balaban J connectivity index is 2.18. The van der Waals surface area contributed by atoms with Crippen molar-refractivity contribution in [3.63, 3.8) is 0 Å². The van der Waals surface area contributed by atoms with Gasteiger partial charge in [-0.05, 0) is 36.6 Å². The van der Waals surface area contributed by atoms with Gasteiger partial charge in [-0.2, -0.15) is 0 Å². The van der Waals surface area contributed by atoms with Crippen LogP contribution >= 0.6 is 11.6 Å². The van der Waals surface area contributed by atoms with Gasteiger partial charge in [-0.3, -0.25) is 0 Å². The van der Waals surface area contributed by atoms with Crippen LogP contribution in [-0.2, 0) is 10.0 Å². The third-order valence-corrected chi connectivity index (χ3v) is 5.44. The van der Waals surface area contributed by atoms with Crippen LogP contribution in [0.25, 0.3) is 0 Å². The second-order valence-corrected chi connectivity index (χ2v) is 7.63. The Hall–Kier alpha value is -0.880. The van der Waals surface area contributed by atoms with Crippen LogP contribution in [0.3, 0.4) is 0 Å². The highest BCUT2D eigenvalue weighted by atomic mass is 35.5. The smallest absolute Gasteiger partial charge is 0.242 e. The number of benzene rings is 1. The van der Waals surface area contributed by atoms with Crippen molar-refractivity contribution in [2.24, 2.45) is 0 Å². The number of sulfonamides is 1. The van der Waals surface area contributed by atoms with E-state index in [0.717, 1.165) is 30.6 Å². The molecule has 0 bridgehead atoms. The molecule has 1 heterocycles. The molecule has 4 nitrogen and oxygen atoms in total. The maximum absolute atomic E-state index is 12.4. The van der Waals surface area contributed by atoms with Gasteiger partial charge in [0.25, 0.3) is 0 Å². The van der Waals surface area contributed by atoms with E-state index >= 15 is 0 Å². The molecule has 0 saturated heterocycles. The third kappa shape index (κ3) is 4.30. The fourth-order valence-corrected chi connectivity index (χ4v) is 3.75. The van der Waals surface area contributed by atoms with Gasteiger partial charge in [-0.25, -0.2) is 13.1 Å². The molecule has 0 amide bonds. The monoisotopic (exact) mass is 328 g/mol. The fourth-order valence-electron chi connectivity index (χ4n) is 2.18. The van der Waals surface area contributed by atoms with E-state index in [2.05, 4.69) is 10.0 Å². The Kier molecular flexibility index (Phi) is 5.43. The van der Waals surface area contributed by atoms with Gasteiger partial charge in [0, 0.05) is 13.1 Å². The van der Waals surface area contributed by atoms with Gasteiger partial charge in [0.05, 0.1) is 5.02 Å². The SMILES string of the molecule is CC(C)c1ccc(Cl)c(S(=O)(=O)NCC2=CCNCC2)c1. The summed E-state index contributed by atoms with van der Waals surface area (Å²) in [6.07, 6.45) is 2.89. The van der Waals surface area contributed by atoms with Gasteiger partial charge in [0.1, 0.15) is 4.90 Å². The average molecular weight is 329 g/mol. The Bertz CT molecular complexity index is 639. The number of nitrogens with one attached hydrogen (secondary N) is 2. The molecule has 21 heavy (non-hydrogen) atoms. The van der Waals surface area contributed by atoms with E-state index < -0.39 is 10.0 Å². The number of hydrogen-bond donors (Lipinski definition) is 2. The molecule has 0 aliphatic carbocycles. The van der Waals surface area contributed by atoms with Crippen molar-refractivity contribution in [1.29, 1.82) is 0 Å². The second-order valence-electron chi connectivity index (χ2n) is 5.49. The van der Waals surface area contributed by atoms with E-state index in [4.69, 9.17) is 11.6 Å². The minimum atomic E-state index is -3.59. The summed E-state index contributed by atoms with van der Waals surface area (Å²) in [5, 5.41) is 3.45. The highest BCUT2D eigenvalue weighted by molar-refractivity contribution is 7.89. The predicted octanol–water partition coefficient (Wildman–Crippen LogP) is 2.66. The zero-order valence-electron chi connectivity index (χ0n) is 12.3. The van der Waals surface area contributed by atoms with E-state index in [1.807, 2.05) is 26.0 Å². The third-order valence-electron chi connectivity index (χ3n) is 3.56. The van der Waals surface area contributed by atoms with E-state index in [1.54, 1.807) is 12.1 Å². The van der Waals surface area contributed by atoms with Crippen molar-refractivity contribution < 1.29 is 8.42 Å². The lowest BCUT2D eigenvalue weighted by atomic mass is 10.0. The highest BCUT2D eigenvalue weighted by Crippen LogP contribution is 2.26. The van der Waals surface area contributed by atoms with Crippen molar-refractivity contribution in [1.82, 2.24) is 10.0 Å². The van der Waals surface area contributed by atoms with E-state index in [9.17, 15) is 8.42 Å². The molecule has 116 valence electrons. The van der Waals surface area contributed by atoms with E-state index in [-0.39, 0.29) is 15.8 Å². The normalized spacial score (nSPS) is 16.1. The number of rotatable bonds is 5. The van der Waals surface area contributed by atoms with Crippen LogP contribution in [-0.4, -0.2) is 28.1 Å². The number of halogens is 1. The summed E-state index contributed by atoms with van der Waals surface area (Å²) in [4.78, 5) is 0.157. The zero-order valence-corrected chi connectivity index (χ0v) is 13.9. The highest BCUT2D eigenvalue weighted by Gasteiger charge is 2.19. The molecule has 0 saturated carbocycles. The standard InChI is InChI=1S/C15H21ClN2O2S/c1-11(2)13-3-4-14(16)15(9-13)21(19,20)18-10-12-5-7-17-8-6-12/h3-5,9,11,17-18H,6-8,10H2,1-2H3. The summed E-state index contributed by atoms with van der Waals surface area (Å²) in [5.74, 6) is 0.253. The Labute approximate surface area is 131 Å². The topological polar surface area (TPSA) is 58.2 Å². The summed E-state index contributed by atoms with van der Waals surface area (Å²) in [6, 6.07) is 5.17. The summed E-state index contributed by atoms with van der Waals surface area (Å²) >= 11 is 6.06. The largest absolute Gasteiger partial charge is 0.313 e. The Morgan fingerprint density at radius 1 is 1.38 bits per heavy atom. The molecule has 0 spiro atoms. The Morgan fingerprint density at radius 3 is 2.76 bits per heavy atom. The quantitative estimate of drug-likeness (QED) is 0.817. The van der Waals surface area contributed by atoms with Gasteiger partial charge in [0.2, 0.25) is 10.0 Å². The van der Waals surface area contributed by atoms with Crippen LogP contribution in [0.4, 0.5) is 0 Å². The molecular weight excluding hydrogens is 308 g/mol. The van der Waals surface area contributed by atoms with Crippen LogP contribution in [0.1, 0.15) is 31.7 Å². The van der Waals surface area contributed by atoms with Gasteiger partial charge >= 0.3 is 0 Å². The molecule has 1 aliphatic heterocycles. The first-order chi connectivity index (χ1) is 9.90. The van der Waals surface area contributed by atoms with Crippen LogP contribution in [0.15, 0.2) is 34.7 Å². The second kappa shape index (κ2) is 6.92. The first-order valence-electron chi connectivity index (χ1n) is 7.08. The Morgan fingerprint density at radius 2 is 2.14 bits per heavy atom. The van der Waals surface area contributed by atoms with Gasteiger partial charge in [-0.15, -0.1) is 0 Å². The molecule has 1 aliphatic rings. The zero-order chi connectivity index (χ0) is 15.5. The number of hydrogen-bond acceptors (Lipinski definition) is 3. The summed E-state index contributed by atoms with van der Waals surface area (Å²) in [7, 11) is -3.59. The predicted molar refractivity (Wildman–Crippen MR) is 86.3 cm³/mol. The minimum Gasteiger partial charge on any atom is -0.313 e. The maximum atomic E-state index is 12.4. The molecular formula is C15H21ClN2O2S. The molecule has 2 N–H and O–H groups in total. The van der Waals surface area contributed by atoms with E-state index in [1.165, 1.54) is 0 Å². The molecule has 0 unspecified atom stereocenters. The van der Waals surface area contributed by atoms with Crippen molar-refractivity contribution >= 4 is 21.6 Å². The van der Waals surface area contributed by atoms with Gasteiger partial charge in [0.15, 0.2) is 0 Å². The van der Waals surface area contributed by atoms with Crippen LogP contribution in [0.2, 0.25) is 5.02 Å². The summed E-state index contributed by atoms with van der Waals surface area (Å²) in [6.45, 7) is 6.06. The minimum absolute atomic E-state index is 0.157. The lowest BCUT2D eigenvalue weighted by Gasteiger charge is -2.16. The molecule has 2 rings (SSSR count). The lowest BCUT2D eigenvalue weighted by Crippen LogP contribution is -2.30. The molecule has 6 heteroatoms. The first-order valence-corrected chi connectivity index (χ1v) is 8.94. The van der Waals surface area contributed by atoms with Crippen molar-refractivity contribution in [2.75, 3.05) is 19.6 Å². The van der Waals surface area contributed by atoms with Crippen molar-refractivity contribution in [3.8, 4) is 0 Å². The summed E-state index contributed by atoms with van der Waals surface area (Å²) in [5.41, 5.74) is 2.06. The molecule has 0 fully saturated rings. The first kappa shape index (κ1) is 16.5. The van der Waals surface area contributed by atoms with Crippen LogP contribution < -0.4 is 10.0 Å². The van der Waals surface area contributed by atoms with Crippen molar-refractivity contribution in [2.45, 2.75) is 31.1 Å². The van der Waals surface area contributed by atoms with Crippen LogP contribution in [0, 0.1) is 0 Å². The molecule has 0 aromatic heterocycles. The molecule has 1 aromatic carbocycles. The summed E-state index contributed by atoms with van der Waals surface area (Å²) < 4.78 is 27.5. The fraction of sp³-hybridized carbons (Fsp3) is 0.467. The average Bonchev–Trinajstić information content (AvgIpc) is 2.46. The lowest BCUT2D eigenvalue weighted by molar-refractivity contribution is 0.582. The maximum Gasteiger partial charge on any atom is 0.242 e.